The quantitative estimate of drug-likeness (QED) is 0.611. The molecule has 0 fully saturated rings. The van der Waals surface area contributed by atoms with Gasteiger partial charge in [0.25, 0.3) is 15.7 Å². The van der Waals surface area contributed by atoms with Crippen molar-refractivity contribution >= 4 is 10.1 Å². The second-order valence-electron chi connectivity index (χ2n) is 3.63. The van der Waals surface area contributed by atoms with Crippen molar-refractivity contribution in [3.63, 3.8) is 0 Å². The molecule has 0 saturated carbocycles. The van der Waals surface area contributed by atoms with Crippen LogP contribution in [0.1, 0.15) is 11.1 Å². The molecule has 0 aliphatic carbocycles. The summed E-state index contributed by atoms with van der Waals surface area (Å²) in [6, 6.07) is 1.19. The molecule has 1 rings (SSSR count). The highest BCUT2D eigenvalue weighted by atomic mass is 32.2. The van der Waals surface area contributed by atoms with Gasteiger partial charge in [0.2, 0.25) is 0 Å². The van der Waals surface area contributed by atoms with Crippen LogP contribution < -0.4 is 11.3 Å². The van der Waals surface area contributed by atoms with Crippen LogP contribution in [0.5, 0.6) is 5.88 Å². The van der Waals surface area contributed by atoms with Gasteiger partial charge in [0, 0.05) is 24.7 Å². The topological polar surface area (TPSA) is 123 Å². The minimum atomic E-state index is -4.27. The van der Waals surface area contributed by atoms with Gasteiger partial charge in [-0.1, -0.05) is 0 Å². The summed E-state index contributed by atoms with van der Waals surface area (Å²) >= 11 is 0. The molecule has 0 aliphatic heterocycles. The molecule has 1 aromatic heterocycles. The summed E-state index contributed by atoms with van der Waals surface area (Å²) < 4.78 is 31.3. The van der Waals surface area contributed by atoms with Crippen molar-refractivity contribution in [2.24, 2.45) is 5.73 Å². The Morgan fingerprint density at radius 2 is 2.06 bits per heavy atom. The molecule has 0 saturated heterocycles. The maximum Gasteiger partial charge on any atom is 0.269 e. The molecule has 96 valence electrons. The highest BCUT2D eigenvalue weighted by Gasteiger charge is 2.17. The normalized spacial score (nSPS) is 11.7. The minimum Gasteiger partial charge on any atom is -0.494 e. The highest BCUT2D eigenvalue weighted by Crippen LogP contribution is 2.20. The summed E-state index contributed by atoms with van der Waals surface area (Å²) in [6.45, 7) is 1.68. The number of nitrogens with zero attached hydrogens (tertiary/aromatic N) is 1. The van der Waals surface area contributed by atoms with Crippen LogP contribution in [0, 0.1) is 6.92 Å². The van der Waals surface area contributed by atoms with Crippen molar-refractivity contribution in [3.8, 4) is 5.88 Å². The number of aromatic nitrogens is 1. The Morgan fingerprint density at radius 1 is 1.47 bits per heavy atom. The highest BCUT2D eigenvalue weighted by molar-refractivity contribution is 7.85. The van der Waals surface area contributed by atoms with Gasteiger partial charge in [0.05, 0.1) is 0 Å². The number of nitrogens with two attached hydrogens (primary N) is 1. The summed E-state index contributed by atoms with van der Waals surface area (Å²) in [7, 11) is -4.27. The van der Waals surface area contributed by atoms with Crippen LogP contribution in [-0.4, -0.2) is 29.2 Å². The van der Waals surface area contributed by atoms with Crippen molar-refractivity contribution in [2.75, 3.05) is 6.54 Å². The molecule has 0 atom stereocenters. The van der Waals surface area contributed by atoms with Crippen molar-refractivity contribution in [2.45, 2.75) is 19.2 Å². The second-order valence-corrected chi connectivity index (χ2v) is 5.09. The first-order chi connectivity index (χ1) is 7.76. The molecule has 17 heavy (non-hydrogen) atoms. The van der Waals surface area contributed by atoms with E-state index in [-0.39, 0.29) is 18.7 Å². The van der Waals surface area contributed by atoms with Gasteiger partial charge < -0.3 is 10.8 Å². The molecule has 0 spiro atoms. The van der Waals surface area contributed by atoms with E-state index in [0.717, 1.165) is 4.57 Å². The van der Waals surface area contributed by atoms with E-state index in [9.17, 15) is 18.3 Å². The van der Waals surface area contributed by atoms with Crippen LogP contribution in [0.2, 0.25) is 0 Å². The van der Waals surface area contributed by atoms with E-state index in [1.807, 2.05) is 0 Å². The molecular formula is C9H14N2O5S. The first-order valence-electron chi connectivity index (χ1n) is 4.83. The number of aryl methyl sites for hydroxylation is 1. The number of pyridine rings is 1. The van der Waals surface area contributed by atoms with Crippen LogP contribution in [-0.2, 0) is 22.4 Å². The van der Waals surface area contributed by atoms with Crippen LogP contribution in [0.3, 0.4) is 0 Å². The smallest absolute Gasteiger partial charge is 0.269 e. The van der Waals surface area contributed by atoms with E-state index in [0.29, 0.717) is 5.56 Å². The molecule has 0 radical (unpaired) electrons. The van der Waals surface area contributed by atoms with Crippen molar-refractivity contribution < 1.29 is 18.1 Å². The lowest BCUT2D eigenvalue weighted by Gasteiger charge is -2.12. The molecule has 0 aliphatic rings. The van der Waals surface area contributed by atoms with E-state index in [4.69, 9.17) is 10.3 Å². The SMILES string of the molecule is Cc1cc(=O)n(CCN)c(O)c1CS(=O)(=O)O. The van der Waals surface area contributed by atoms with Crippen LogP contribution in [0.15, 0.2) is 10.9 Å². The van der Waals surface area contributed by atoms with E-state index < -0.39 is 27.3 Å². The molecule has 0 aromatic carbocycles. The van der Waals surface area contributed by atoms with Gasteiger partial charge in [-0.2, -0.15) is 8.42 Å². The zero-order valence-electron chi connectivity index (χ0n) is 9.25. The van der Waals surface area contributed by atoms with Gasteiger partial charge >= 0.3 is 0 Å². The zero-order chi connectivity index (χ0) is 13.2. The van der Waals surface area contributed by atoms with Crippen molar-refractivity contribution in [1.82, 2.24) is 4.57 Å². The maximum atomic E-state index is 11.5. The number of hydrogen-bond donors (Lipinski definition) is 3. The Bertz CT molecular complexity index is 576. The van der Waals surface area contributed by atoms with Gasteiger partial charge in [-0.25, -0.2) is 0 Å². The Hall–Kier alpha value is -1.38. The average Bonchev–Trinajstić information content (AvgIpc) is 2.18. The van der Waals surface area contributed by atoms with E-state index in [1.165, 1.54) is 13.0 Å². The molecule has 4 N–H and O–H groups in total. The fourth-order valence-corrected chi connectivity index (χ4v) is 2.22. The summed E-state index contributed by atoms with van der Waals surface area (Å²) in [5, 5.41) is 9.78. The van der Waals surface area contributed by atoms with E-state index >= 15 is 0 Å². The number of hydrogen-bond acceptors (Lipinski definition) is 5. The Balaban J connectivity index is 3.40. The summed E-state index contributed by atoms with van der Waals surface area (Å²) in [5.74, 6) is -1.21. The second kappa shape index (κ2) is 4.86. The first-order valence-corrected chi connectivity index (χ1v) is 6.44. The van der Waals surface area contributed by atoms with Gasteiger partial charge in [-0.05, 0) is 12.5 Å². The summed E-state index contributed by atoms with van der Waals surface area (Å²) in [5.41, 5.74) is 5.11. The maximum absolute atomic E-state index is 11.5. The Kier molecular flexibility index (Phi) is 3.91. The van der Waals surface area contributed by atoms with Crippen LogP contribution in [0.25, 0.3) is 0 Å². The van der Waals surface area contributed by atoms with Gasteiger partial charge in [-0.3, -0.25) is 13.9 Å². The van der Waals surface area contributed by atoms with Gasteiger partial charge in [-0.15, -0.1) is 0 Å². The first kappa shape index (κ1) is 13.7. The average molecular weight is 262 g/mol. The lowest BCUT2D eigenvalue weighted by molar-refractivity contribution is 0.400. The number of aromatic hydroxyl groups is 1. The molecular weight excluding hydrogens is 248 g/mol. The van der Waals surface area contributed by atoms with Crippen LogP contribution in [0.4, 0.5) is 0 Å². The third-order valence-electron chi connectivity index (χ3n) is 2.29. The van der Waals surface area contributed by atoms with Crippen molar-refractivity contribution in [1.29, 1.82) is 0 Å². The van der Waals surface area contributed by atoms with E-state index in [1.54, 1.807) is 0 Å². The predicted molar refractivity (Wildman–Crippen MR) is 61.4 cm³/mol. The zero-order valence-corrected chi connectivity index (χ0v) is 10.1. The fourth-order valence-electron chi connectivity index (χ4n) is 1.50. The molecule has 0 unspecified atom stereocenters. The predicted octanol–water partition coefficient (Wildman–Crippen LogP) is -0.791. The lowest BCUT2D eigenvalue weighted by atomic mass is 10.1. The molecule has 0 bridgehead atoms. The Labute approximate surface area is 98.2 Å². The van der Waals surface area contributed by atoms with Gasteiger partial charge in [0.15, 0.2) is 5.88 Å². The number of rotatable bonds is 4. The third kappa shape index (κ3) is 3.29. The van der Waals surface area contributed by atoms with Crippen molar-refractivity contribution in [3.05, 3.63) is 27.5 Å². The minimum absolute atomic E-state index is 0.000509. The van der Waals surface area contributed by atoms with Crippen LogP contribution >= 0.6 is 0 Å². The van der Waals surface area contributed by atoms with E-state index in [2.05, 4.69) is 0 Å². The largest absolute Gasteiger partial charge is 0.494 e. The molecule has 7 nitrogen and oxygen atoms in total. The monoisotopic (exact) mass is 262 g/mol. The molecule has 1 heterocycles. The van der Waals surface area contributed by atoms with Gasteiger partial charge in [0.1, 0.15) is 5.75 Å². The fraction of sp³-hybridized carbons (Fsp3) is 0.444. The molecule has 8 heteroatoms. The third-order valence-corrected chi connectivity index (χ3v) is 2.94. The standard InChI is InChI=1S/C9H14N2O5S/c1-6-4-8(12)11(3-2-10)9(13)7(6)5-17(14,15)16/h4,13H,2-3,5,10H2,1H3,(H,14,15,16). The molecule has 0 amide bonds. The molecule has 1 aromatic rings. The summed E-state index contributed by atoms with van der Waals surface area (Å²) in [4.78, 5) is 11.5. The lowest BCUT2D eigenvalue weighted by Crippen LogP contribution is -2.25. The summed E-state index contributed by atoms with van der Waals surface area (Å²) in [6.07, 6.45) is 0. The Morgan fingerprint density at radius 3 is 2.53 bits per heavy atom.